The molecule has 0 unspecified atom stereocenters. The van der Waals surface area contributed by atoms with Gasteiger partial charge in [-0.05, 0) is 25.0 Å². The summed E-state index contributed by atoms with van der Waals surface area (Å²) in [5, 5.41) is 9.66. The van der Waals surface area contributed by atoms with Crippen LogP contribution in [0.15, 0.2) is 29.2 Å². The number of rotatable bonds is 4. The number of benzene rings is 1. The Morgan fingerprint density at radius 1 is 1.33 bits per heavy atom. The molecular formula is C15H19NO4S. The van der Waals surface area contributed by atoms with Crippen LogP contribution in [0.2, 0.25) is 0 Å². The zero-order valence-corrected chi connectivity index (χ0v) is 12.8. The van der Waals surface area contributed by atoms with Gasteiger partial charge < -0.3 is 14.7 Å². The van der Waals surface area contributed by atoms with Crippen LogP contribution in [0.1, 0.15) is 12.8 Å². The van der Waals surface area contributed by atoms with E-state index in [1.807, 2.05) is 6.07 Å². The maximum atomic E-state index is 12.1. The molecule has 1 aromatic carbocycles. The van der Waals surface area contributed by atoms with Gasteiger partial charge in [-0.2, -0.15) is 0 Å². The summed E-state index contributed by atoms with van der Waals surface area (Å²) in [7, 11) is 1.39. The number of nitrogens with zero attached hydrogens (tertiary/aromatic N) is 1. The van der Waals surface area contributed by atoms with Gasteiger partial charge in [0, 0.05) is 18.0 Å². The summed E-state index contributed by atoms with van der Waals surface area (Å²) < 4.78 is 4.73. The average molecular weight is 309 g/mol. The van der Waals surface area contributed by atoms with Crippen LogP contribution < -0.4 is 0 Å². The highest BCUT2D eigenvalue weighted by atomic mass is 32.2. The molecule has 1 heterocycles. The van der Waals surface area contributed by atoms with Crippen molar-refractivity contribution < 1.29 is 19.4 Å². The van der Waals surface area contributed by atoms with Gasteiger partial charge in [0.05, 0.1) is 18.8 Å². The maximum absolute atomic E-state index is 12.1. The molecule has 1 aromatic rings. The molecule has 1 saturated heterocycles. The van der Waals surface area contributed by atoms with Crippen molar-refractivity contribution in [3.8, 4) is 5.75 Å². The van der Waals surface area contributed by atoms with E-state index in [9.17, 15) is 14.7 Å². The molecule has 6 heteroatoms. The molecule has 0 spiro atoms. The predicted octanol–water partition coefficient (Wildman–Crippen LogP) is 1.90. The lowest BCUT2D eigenvalue weighted by atomic mass is 9.97. The molecule has 0 bridgehead atoms. The Kier molecular flexibility index (Phi) is 5.50. The number of thioether (sulfide) groups is 1. The van der Waals surface area contributed by atoms with E-state index in [0.717, 1.165) is 0 Å². The summed E-state index contributed by atoms with van der Waals surface area (Å²) in [5.41, 5.74) is 0. The van der Waals surface area contributed by atoms with Crippen molar-refractivity contribution in [2.75, 3.05) is 26.0 Å². The van der Waals surface area contributed by atoms with Crippen LogP contribution in [0.3, 0.4) is 0 Å². The SMILES string of the molecule is COC(=O)C1CCN(C(=O)CSc2ccccc2O)CC1. The van der Waals surface area contributed by atoms with E-state index in [2.05, 4.69) is 0 Å². The smallest absolute Gasteiger partial charge is 0.308 e. The van der Waals surface area contributed by atoms with Crippen molar-refractivity contribution in [3.05, 3.63) is 24.3 Å². The van der Waals surface area contributed by atoms with Gasteiger partial charge in [0.1, 0.15) is 5.75 Å². The molecule has 1 aliphatic heterocycles. The first kappa shape index (κ1) is 15.7. The first-order valence-corrected chi connectivity index (χ1v) is 7.86. The molecule has 0 aliphatic carbocycles. The van der Waals surface area contributed by atoms with Crippen molar-refractivity contribution in [3.63, 3.8) is 0 Å². The summed E-state index contributed by atoms with van der Waals surface area (Å²) in [6.45, 7) is 1.17. The Hall–Kier alpha value is -1.69. The van der Waals surface area contributed by atoms with Gasteiger partial charge >= 0.3 is 5.97 Å². The van der Waals surface area contributed by atoms with E-state index >= 15 is 0 Å². The van der Waals surface area contributed by atoms with Crippen LogP contribution in [-0.4, -0.2) is 47.8 Å². The molecule has 0 radical (unpaired) electrons. The zero-order chi connectivity index (χ0) is 15.2. The van der Waals surface area contributed by atoms with E-state index in [-0.39, 0.29) is 23.5 Å². The molecule has 2 rings (SSSR count). The quantitative estimate of drug-likeness (QED) is 0.679. The van der Waals surface area contributed by atoms with E-state index in [1.54, 1.807) is 23.1 Å². The molecule has 1 amide bonds. The highest BCUT2D eigenvalue weighted by Crippen LogP contribution is 2.28. The van der Waals surface area contributed by atoms with Gasteiger partial charge in [0.2, 0.25) is 5.91 Å². The fourth-order valence-electron chi connectivity index (χ4n) is 2.34. The molecule has 1 N–H and O–H groups in total. The minimum Gasteiger partial charge on any atom is -0.507 e. The van der Waals surface area contributed by atoms with Gasteiger partial charge in [-0.3, -0.25) is 9.59 Å². The maximum Gasteiger partial charge on any atom is 0.308 e. The molecular weight excluding hydrogens is 290 g/mol. The summed E-state index contributed by atoms with van der Waals surface area (Å²) in [6, 6.07) is 6.97. The summed E-state index contributed by atoms with van der Waals surface area (Å²) in [4.78, 5) is 26.0. The van der Waals surface area contributed by atoms with Crippen LogP contribution in [-0.2, 0) is 14.3 Å². The zero-order valence-electron chi connectivity index (χ0n) is 11.9. The van der Waals surface area contributed by atoms with E-state index in [1.165, 1.54) is 18.9 Å². The first-order chi connectivity index (χ1) is 10.1. The molecule has 114 valence electrons. The van der Waals surface area contributed by atoms with Crippen LogP contribution in [0.4, 0.5) is 0 Å². The van der Waals surface area contributed by atoms with Crippen LogP contribution in [0.5, 0.6) is 5.75 Å². The van der Waals surface area contributed by atoms with Crippen LogP contribution in [0.25, 0.3) is 0 Å². The lowest BCUT2D eigenvalue weighted by molar-refractivity contribution is -0.148. The predicted molar refractivity (Wildman–Crippen MR) is 80.2 cm³/mol. The molecule has 1 aliphatic rings. The number of ether oxygens (including phenoxy) is 1. The number of methoxy groups -OCH3 is 1. The van der Waals surface area contributed by atoms with Gasteiger partial charge in [-0.25, -0.2) is 0 Å². The standard InChI is InChI=1S/C15H19NO4S/c1-20-15(19)11-6-8-16(9-7-11)14(18)10-21-13-5-3-2-4-12(13)17/h2-5,11,17H,6-10H2,1H3. The Bertz CT molecular complexity index is 512. The van der Waals surface area contributed by atoms with E-state index < -0.39 is 0 Å². The molecule has 0 saturated carbocycles. The van der Waals surface area contributed by atoms with Crippen LogP contribution >= 0.6 is 11.8 Å². The summed E-state index contributed by atoms with van der Waals surface area (Å²) in [6.07, 6.45) is 1.30. The Morgan fingerprint density at radius 2 is 2.00 bits per heavy atom. The number of carbonyl (C=O) groups excluding carboxylic acids is 2. The Balaban J connectivity index is 1.80. The van der Waals surface area contributed by atoms with Crippen molar-refractivity contribution >= 4 is 23.6 Å². The third-order valence-corrected chi connectivity index (χ3v) is 4.65. The summed E-state index contributed by atoms with van der Waals surface area (Å²) in [5.74, 6) is 0.238. The van der Waals surface area contributed by atoms with Gasteiger partial charge in [-0.1, -0.05) is 12.1 Å². The number of amides is 1. The minimum atomic E-state index is -0.189. The van der Waals surface area contributed by atoms with Gasteiger partial charge in [-0.15, -0.1) is 11.8 Å². The van der Waals surface area contributed by atoms with E-state index in [0.29, 0.717) is 36.6 Å². The van der Waals surface area contributed by atoms with Crippen molar-refractivity contribution in [2.24, 2.45) is 5.92 Å². The number of hydrogen-bond acceptors (Lipinski definition) is 5. The lowest BCUT2D eigenvalue weighted by Gasteiger charge is -2.30. The number of piperidine rings is 1. The second-order valence-electron chi connectivity index (χ2n) is 4.93. The average Bonchev–Trinajstić information content (AvgIpc) is 2.53. The second-order valence-corrected chi connectivity index (χ2v) is 5.95. The number of likely N-dealkylation sites (tertiary alicyclic amines) is 1. The van der Waals surface area contributed by atoms with Crippen molar-refractivity contribution in [1.29, 1.82) is 0 Å². The number of phenols is 1. The summed E-state index contributed by atoms with van der Waals surface area (Å²) >= 11 is 1.33. The molecule has 0 atom stereocenters. The number of para-hydroxylation sites is 1. The third kappa shape index (κ3) is 4.14. The molecule has 0 aromatic heterocycles. The van der Waals surface area contributed by atoms with Crippen molar-refractivity contribution in [2.45, 2.75) is 17.7 Å². The third-order valence-electron chi connectivity index (χ3n) is 3.60. The normalized spacial score (nSPS) is 15.8. The number of esters is 1. The highest BCUT2D eigenvalue weighted by molar-refractivity contribution is 8.00. The largest absolute Gasteiger partial charge is 0.507 e. The Morgan fingerprint density at radius 3 is 2.62 bits per heavy atom. The first-order valence-electron chi connectivity index (χ1n) is 6.88. The Labute approximate surface area is 128 Å². The number of carbonyl (C=O) groups is 2. The van der Waals surface area contributed by atoms with E-state index in [4.69, 9.17) is 4.74 Å². The minimum absolute atomic E-state index is 0.0339. The fraction of sp³-hybridized carbons (Fsp3) is 0.467. The number of hydrogen-bond donors (Lipinski definition) is 1. The fourth-order valence-corrected chi connectivity index (χ4v) is 3.19. The van der Waals surface area contributed by atoms with Crippen LogP contribution in [0, 0.1) is 5.92 Å². The van der Waals surface area contributed by atoms with Crippen molar-refractivity contribution in [1.82, 2.24) is 4.90 Å². The molecule has 5 nitrogen and oxygen atoms in total. The number of phenolic OH excluding ortho intramolecular Hbond substituents is 1. The monoisotopic (exact) mass is 309 g/mol. The topological polar surface area (TPSA) is 66.8 Å². The van der Waals surface area contributed by atoms with Gasteiger partial charge in [0.15, 0.2) is 0 Å². The van der Waals surface area contributed by atoms with Gasteiger partial charge in [0.25, 0.3) is 0 Å². The lowest BCUT2D eigenvalue weighted by Crippen LogP contribution is -2.41. The molecule has 21 heavy (non-hydrogen) atoms. The molecule has 1 fully saturated rings. The second kappa shape index (κ2) is 7.36. The highest BCUT2D eigenvalue weighted by Gasteiger charge is 2.27. The number of aromatic hydroxyl groups is 1.